The summed E-state index contributed by atoms with van der Waals surface area (Å²) < 4.78 is 0.715. The number of nitrogens with one attached hydrogen (secondary N) is 1. The minimum absolute atomic E-state index is 0.198. The zero-order valence-electron chi connectivity index (χ0n) is 11.0. The van der Waals surface area contributed by atoms with E-state index >= 15 is 0 Å². The van der Waals surface area contributed by atoms with Gasteiger partial charge in [0.25, 0.3) is 5.91 Å². The Labute approximate surface area is 147 Å². The second-order valence-corrected chi connectivity index (χ2v) is 6.74. The highest BCUT2D eigenvalue weighted by molar-refractivity contribution is 9.10. The van der Waals surface area contributed by atoms with Crippen molar-refractivity contribution in [2.45, 2.75) is 17.9 Å². The molecule has 1 N–H and O–H groups in total. The smallest absolute Gasteiger partial charge is 0.252 e. The fourth-order valence-corrected chi connectivity index (χ4v) is 3.09. The molecular weight excluding hydrogens is 393 g/mol. The lowest BCUT2D eigenvalue weighted by atomic mass is 10.1. The molecule has 1 unspecified atom stereocenters. The van der Waals surface area contributed by atoms with E-state index in [4.69, 9.17) is 23.2 Å². The lowest BCUT2D eigenvalue weighted by Crippen LogP contribution is -2.27. The normalized spacial score (nSPS) is 12.0. The Bertz CT molecular complexity index is 693. The molecule has 0 heterocycles. The molecule has 0 spiro atoms. The Morgan fingerprint density at radius 1 is 1.24 bits per heavy atom. The Morgan fingerprint density at radius 2 is 1.95 bits per heavy atom. The van der Waals surface area contributed by atoms with Crippen molar-refractivity contribution in [2.75, 3.05) is 0 Å². The van der Waals surface area contributed by atoms with Crippen LogP contribution in [0.2, 0.25) is 10.0 Å². The molecule has 2 aromatic carbocycles. The van der Waals surface area contributed by atoms with E-state index in [0.29, 0.717) is 20.1 Å². The molecule has 21 heavy (non-hydrogen) atoms. The number of hydrogen-bond donors (Lipinski definition) is 2. The molecule has 0 aliphatic carbocycles. The topological polar surface area (TPSA) is 29.1 Å². The third-order valence-corrected chi connectivity index (χ3v) is 4.50. The summed E-state index contributed by atoms with van der Waals surface area (Å²) in [5.74, 6) is -0.198. The number of thiol groups is 1. The number of hydrogen-bond acceptors (Lipinski definition) is 2. The van der Waals surface area contributed by atoms with Gasteiger partial charge in [0.1, 0.15) is 0 Å². The average Bonchev–Trinajstić information content (AvgIpc) is 2.41. The molecule has 1 atom stereocenters. The van der Waals surface area contributed by atoms with E-state index in [1.54, 1.807) is 30.3 Å². The van der Waals surface area contributed by atoms with Crippen LogP contribution >= 0.6 is 51.8 Å². The molecule has 1 amide bonds. The molecular formula is C15H12BrCl2NOS. The summed E-state index contributed by atoms with van der Waals surface area (Å²) in [7, 11) is 0. The van der Waals surface area contributed by atoms with Crippen molar-refractivity contribution in [2.24, 2.45) is 0 Å². The highest BCUT2D eigenvalue weighted by atomic mass is 79.9. The predicted octanol–water partition coefficient (Wildman–Crippen LogP) is 5.54. The van der Waals surface area contributed by atoms with Crippen molar-refractivity contribution in [3.05, 3.63) is 62.0 Å². The maximum absolute atomic E-state index is 12.3. The first-order chi connectivity index (χ1) is 9.88. The zero-order valence-corrected chi connectivity index (χ0v) is 15.0. The van der Waals surface area contributed by atoms with Crippen LogP contribution < -0.4 is 5.32 Å². The van der Waals surface area contributed by atoms with Gasteiger partial charge in [-0.2, -0.15) is 0 Å². The van der Waals surface area contributed by atoms with E-state index in [9.17, 15) is 4.79 Å². The maximum atomic E-state index is 12.3. The number of benzene rings is 2. The van der Waals surface area contributed by atoms with Crippen LogP contribution in [0.3, 0.4) is 0 Å². The number of amides is 1. The number of carbonyl (C=O) groups excluding carboxylic acids is 1. The summed E-state index contributed by atoms with van der Waals surface area (Å²) in [5.41, 5.74) is 1.34. The molecule has 2 nitrogen and oxygen atoms in total. The molecule has 0 radical (unpaired) electrons. The molecule has 2 aromatic rings. The maximum Gasteiger partial charge on any atom is 0.252 e. The van der Waals surface area contributed by atoms with Crippen molar-refractivity contribution >= 4 is 57.7 Å². The number of halogens is 3. The van der Waals surface area contributed by atoms with Gasteiger partial charge in [-0.1, -0.05) is 29.3 Å². The molecule has 0 saturated heterocycles. The van der Waals surface area contributed by atoms with Gasteiger partial charge < -0.3 is 5.32 Å². The van der Waals surface area contributed by atoms with E-state index in [-0.39, 0.29) is 11.9 Å². The highest BCUT2D eigenvalue weighted by Crippen LogP contribution is 2.27. The lowest BCUT2D eigenvalue weighted by molar-refractivity contribution is 0.0939. The Hall–Kier alpha value is -0.680. The van der Waals surface area contributed by atoms with Gasteiger partial charge in [0, 0.05) is 19.4 Å². The first-order valence-corrected chi connectivity index (χ1v) is 8.12. The minimum Gasteiger partial charge on any atom is -0.345 e. The molecule has 110 valence electrons. The van der Waals surface area contributed by atoms with Gasteiger partial charge in [-0.05, 0) is 58.7 Å². The second kappa shape index (κ2) is 7.05. The molecule has 0 bridgehead atoms. The SMILES string of the molecule is CC(NC(=O)c1cc(S)ccc1Br)c1ccc(Cl)cc1Cl. The first-order valence-electron chi connectivity index (χ1n) is 6.13. The van der Waals surface area contributed by atoms with E-state index in [1.165, 1.54) is 0 Å². The number of carbonyl (C=O) groups is 1. The Kier molecular flexibility index (Phi) is 5.60. The first kappa shape index (κ1) is 16.7. The van der Waals surface area contributed by atoms with Gasteiger partial charge in [0.15, 0.2) is 0 Å². The van der Waals surface area contributed by atoms with Crippen LogP contribution in [0.15, 0.2) is 45.8 Å². The molecule has 0 fully saturated rings. The summed E-state index contributed by atoms with van der Waals surface area (Å²) in [6, 6.07) is 10.3. The predicted molar refractivity (Wildman–Crippen MR) is 93.7 cm³/mol. The van der Waals surface area contributed by atoms with E-state index in [2.05, 4.69) is 33.9 Å². The van der Waals surface area contributed by atoms with Gasteiger partial charge in [0.2, 0.25) is 0 Å². The number of rotatable bonds is 3. The summed E-state index contributed by atoms with van der Waals surface area (Å²) in [5, 5.41) is 4.00. The van der Waals surface area contributed by atoms with Gasteiger partial charge in [-0.25, -0.2) is 0 Å². The average molecular weight is 405 g/mol. The molecule has 6 heteroatoms. The summed E-state index contributed by atoms with van der Waals surface area (Å²) in [6.45, 7) is 1.87. The molecule has 0 saturated carbocycles. The van der Waals surface area contributed by atoms with Crippen molar-refractivity contribution in [3.63, 3.8) is 0 Å². The van der Waals surface area contributed by atoms with E-state index < -0.39 is 0 Å². The monoisotopic (exact) mass is 403 g/mol. The molecule has 0 aromatic heterocycles. The van der Waals surface area contributed by atoms with Crippen molar-refractivity contribution in [1.82, 2.24) is 5.32 Å². The fraction of sp³-hybridized carbons (Fsp3) is 0.133. The standard InChI is InChI=1S/C15H12BrCl2NOS/c1-8(11-4-2-9(17)6-14(11)18)19-15(20)12-7-10(21)3-5-13(12)16/h2-8,21H,1H3,(H,19,20). The third-order valence-electron chi connectivity index (χ3n) is 2.97. The fourth-order valence-electron chi connectivity index (χ4n) is 1.89. The summed E-state index contributed by atoms with van der Waals surface area (Å²) in [4.78, 5) is 13.1. The largest absolute Gasteiger partial charge is 0.345 e. The quantitative estimate of drug-likeness (QED) is 0.646. The van der Waals surface area contributed by atoms with Crippen LogP contribution in [-0.4, -0.2) is 5.91 Å². The van der Waals surface area contributed by atoms with Gasteiger partial charge in [0.05, 0.1) is 11.6 Å². The Balaban J connectivity index is 2.20. The molecule has 0 aliphatic heterocycles. The second-order valence-electron chi connectivity index (χ2n) is 4.53. The van der Waals surface area contributed by atoms with Crippen molar-refractivity contribution < 1.29 is 4.79 Å². The zero-order chi connectivity index (χ0) is 15.6. The van der Waals surface area contributed by atoms with Gasteiger partial charge in [-0.15, -0.1) is 12.6 Å². The van der Waals surface area contributed by atoms with Gasteiger partial charge >= 0.3 is 0 Å². The van der Waals surface area contributed by atoms with Crippen LogP contribution in [0.5, 0.6) is 0 Å². The van der Waals surface area contributed by atoms with Crippen molar-refractivity contribution in [1.29, 1.82) is 0 Å². The van der Waals surface area contributed by atoms with Crippen molar-refractivity contribution in [3.8, 4) is 0 Å². The lowest BCUT2D eigenvalue weighted by Gasteiger charge is -2.16. The van der Waals surface area contributed by atoms with Crippen LogP contribution in [0.4, 0.5) is 0 Å². The summed E-state index contributed by atoms with van der Waals surface area (Å²) in [6.07, 6.45) is 0. The van der Waals surface area contributed by atoms with Crippen LogP contribution in [0.25, 0.3) is 0 Å². The third kappa shape index (κ3) is 4.16. The van der Waals surface area contributed by atoms with E-state index in [0.717, 1.165) is 10.5 Å². The van der Waals surface area contributed by atoms with Crippen LogP contribution in [0.1, 0.15) is 28.9 Å². The van der Waals surface area contributed by atoms with Gasteiger partial charge in [-0.3, -0.25) is 4.79 Å². The van der Waals surface area contributed by atoms with Crippen LogP contribution in [-0.2, 0) is 0 Å². The molecule has 0 aliphatic rings. The minimum atomic E-state index is -0.238. The highest BCUT2D eigenvalue weighted by Gasteiger charge is 2.16. The summed E-state index contributed by atoms with van der Waals surface area (Å²) >= 11 is 19.6. The van der Waals surface area contributed by atoms with Crippen LogP contribution in [0, 0.1) is 0 Å². The Morgan fingerprint density at radius 3 is 2.62 bits per heavy atom. The molecule has 2 rings (SSSR count). The van der Waals surface area contributed by atoms with E-state index in [1.807, 2.05) is 13.0 Å².